The van der Waals surface area contributed by atoms with Crippen molar-refractivity contribution in [3.05, 3.63) is 59.9 Å². The van der Waals surface area contributed by atoms with Crippen molar-refractivity contribution in [1.29, 1.82) is 0 Å². The summed E-state index contributed by atoms with van der Waals surface area (Å²) in [6, 6.07) is 14.3. The SMILES string of the molecule is CC(C)Oc1cccc(F)c1OCc1ccccc1. The van der Waals surface area contributed by atoms with Gasteiger partial charge in [0.05, 0.1) is 6.10 Å². The van der Waals surface area contributed by atoms with Crippen LogP contribution in [-0.2, 0) is 6.61 Å². The number of hydrogen-bond donors (Lipinski definition) is 0. The zero-order valence-electron chi connectivity index (χ0n) is 11.1. The minimum Gasteiger partial charge on any atom is -0.487 e. The topological polar surface area (TPSA) is 18.5 Å². The Balaban J connectivity index is 2.14. The number of para-hydroxylation sites is 1. The van der Waals surface area contributed by atoms with E-state index >= 15 is 0 Å². The number of benzene rings is 2. The first kappa shape index (κ1) is 13.4. The number of halogens is 1. The normalized spacial score (nSPS) is 10.5. The lowest BCUT2D eigenvalue weighted by Gasteiger charge is -2.15. The van der Waals surface area contributed by atoms with Gasteiger partial charge in [0, 0.05) is 0 Å². The standard InChI is InChI=1S/C16H17FO2/c1-12(2)19-15-10-6-9-14(17)16(15)18-11-13-7-4-3-5-8-13/h3-10,12H,11H2,1-2H3. The van der Waals surface area contributed by atoms with E-state index in [1.54, 1.807) is 12.1 Å². The second-order valence-electron chi connectivity index (χ2n) is 4.51. The molecule has 2 aromatic rings. The van der Waals surface area contributed by atoms with Crippen LogP contribution >= 0.6 is 0 Å². The number of rotatable bonds is 5. The summed E-state index contributed by atoms with van der Waals surface area (Å²) >= 11 is 0. The van der Waals surface area contributed by atoms with Gasteiger partial charge < -0.3 is 9.47 Å². The lowest BCUT2D eigenvalue weighted by molar-refractivity contribution is 0.212. The minimum atomic E-state index is -0.408. The Morgan fingerprint density at radius 2 is 1.74 bits per heavy atom. The molecule has 0 radical (unpaired) electrons. The average molecular weight is 260 g/mol. The molecule has 0 saturated heterocycles. The predicted molar refractivity (Wildman–Crippen MR) is 72.9 cm³/mol. The summed E-state index contributed by atoms with van der Waals surface area (Å²) in [6.45, 7) is 4.11. The molecule has 2 rings (SSSR count). The smallest absolute Gasteiger partial charge is 0.197 e. The summed E-state index contributed by atoms with van der Waals surface area (Å²) in [6.07, 6.45) is -0.0270. The number of ether oxygens (including phenoxy) is 2. The molecule has 19 heavy (non-hydrogen) atoms. The van der Waals surface area contributed by atoms with Crippen molar-refractivity contribution in [2.24, 2.45) is 0 Å². The number of hydrogen-bond acceptors (Lipinski definition) is 2. The maximum Gasteiger partial charge on any atom is 0.197 e. The molecule has 2 nitrogen and oxygen atoms in total. The van der Waals surface area contributed by atoms with Crippen LogP contribution in [0.15, 0.2) is 48.5 Å². The van der Waals surface area contributed by atoms with Crippen molar-refractivity contribution in [3.63, 3.8) is 0 Å². The van der Waals surface area contributed by atoms with Gasteiger partial charge in [-0.15, -0.1) is 0 Å². The van der Waals surface area contributed by atoms with Crippen LogP contribution in [0.1, 0.15) is 19.4 Å². The summed E-state index contributed by atoms with van der Waals surface area (Å²) in [5.74, 6) is 0.195. The van der Waals surface area contributed by atoms with Gasteiger partial charge in [-0.05, 0) is 31.5 Å². The van der Waals surface area contributed by atoms with Crippen LogP contribution in [0.2, 0.25) is 0 Å². The third kappa shape index (κ3) is 3.71. The summed E-state index contributed by atoms with van der Waals surface area (Å²) < 4.78 is 24.9. The maximum atomic E-state index is 13.8. The first-order valence-electron chi connectivity index (χ1n) is 6.28. The second-order valence-corrected chi connectivity index (χ2v) is 4.51. The molecule has 0 unspecified atom stereocenters. The largest absolute Gasteiger partial charge is 0.487 e. The van der Waals surface area contributed by atoms with Crippen LogP contribution in [0.3, 0.4) is 0 Å². The third-order valence-corrected chi connectivity index (χ3v) is 2.52. The summed E-state index contributed by atoms with van der Waals surface area (Å²) in [7, 11) is 0. The quantitative estimate of drug-likeness (QED) is 0.802. The fourth-order valence-corrected chi connectivity index (χ4v) is 1.71. The first-order valence-corrected chi connectivity index (χ1v) is 6.28. The monoisotopic (exact) mass is 260 g/mol. The average Bonchev–Trinajstić information content (AvgIpc) is 2.38. The molecule has 0 aromatic heterocycles. The molecule has 0 aliphatic carbocycles. The van der Waals surface area contributed by atoms with Crippen LogP contribution in [0.25, 0.3) is 0 Å². The Hall–Kier alpha value is -2.03. The highest BCUT2D eigenvalue weighted by Gasteiger charge is 2.12. The van der Waals surface area contributed by atoms with Crippen LogP contribution in [0.5, 0.6) is 11.5 Å². The fourth-order valence-electron chi connectivity index (χ4n) is 1.71. The Kier molecular flexibility index (Phi) is 4.39. The highest BCUT2D eigenvalue weighted by molar-refractivity contribution is 5.41. The van der Waals surface area contributed by atoms with E-state index in [2.05, 4.69) is 0 Å². The van der Waals surface area contributed by atoms with Crippen LogP contribution in [0.4, 0.5) is 4.39 Å². The van der Waals surface area contributed by atoms with Crippen LogP contribution in [0, 0.1) is 5.82 Å². The van der Waals surface area contributed by atoms with E-state index < -0.39 is 5.82 Å². The first-order chi connectivity index (χ1) is 9.16. The van der Waals surface area contributed by atoms with Gasteiger partial charge in [0.1, 0.15) is 6.61 Å². The lowest BCUT2D eigenvalue weighted by Crippen LogP contribution is -2.08. The van der Waals surface area contributed by atoms with Crippen molar-refractivity contribution in [2.45, 2.75) is 26.6 Å². The molecule has 0 aliphatic heterocycles. The summed E-state index contributed by atoms with van der Waals surface area (Å²) in [4.78, 5) is 0. The van der Waals surface area contributed by atoms with Crippen molar-refractivity contribution in [3.8, 4) is 11.5 Å². The zero-order chi connectivity index (χ0) is 13.7. The Labute approximate surface area is 112 Å². The molecule has 0 saturated carbocycles. The fraction of sp³-hybridized carbons (Fsp3) is 0.250. The Morgan fingerprint density at radius 3 is 2.42 bits per heavy atom. The predicted octanol–water partition coefficient (Wildman–Crippen LogP) is 4.19. The maximum absolute atomic E-state index is 13.8. The highest BCUT2D eigenvalue weighted by atomic mass is 19.1. The molecule has 0 fully saturated rings. The molecule has 0 heterocycles. The van der Waals surface area contributed by atoms with E-state index in [1.807, 2.05) is 44.2 Å². The van der Waals surface area contributed by atoms with Gasteiger partial charge in [0.25, 0.3) is 0 Å². The molecule has 0 amide bonds. The van der Waals surface area contributed by atoms with E-state index in [1.165, 1.54) is 6.07 Å². The van der Waals surface area contributed by atoms with Crippen molar-refractivity contribution < 1.29 is 13.9 Å². The summed E-state index contributed by atoms with van der Waals surface area (Å²) in [5, 5.41) is 0. The molecule has 0 atom stereocenters. The van der Waals surface area contributed by atoms with Gasteiger partial charge in [-0.25, -0.2) is 4.39 Å². The van der Waals surface area contributed by atoms with E-state index in [0.717, 1.165) is 5.56 Å². The van der Waals surface area contributed by atoms with Gasteiger partial charge in [-0.2, -0.15) is 0 Å². The van der Waals surface area contributed by atoms with Gasteiger partial charge in [-0.1, -0.05) is 36.4 Å². The van der Waals surface area contributed by atoms with Crippen molar-refractivity contribution in [1.82, 2.24) is 0 Å². The van der Waals surface area contributed by atoms with Crippen LogP contribution < -0.4 is 9.47 Å². The van der Waals surface area contributed by atoms with E-state index in [0.29, 0.717) is 12.4 Å². The second kappa shape index (κ2) is 6.23. The molecular weight excluding hydrogens is 243 g/mol. The molecule has 0 bridgehead atoms. The van der Waals surface area contributed by atoms with E-state index in [-0.39, 0.29) is 11.9 Å². The van der Waals surface area contributed by atoms with Crippen molar-refractivity contribution in [2.75, 3.05) is 0 Å². The molecule has 100 valence electrons. The van der Waals surface area contributed by atoms with Gasteiger partial charge >= 0.3 is 0 Å². The highest BCUT2D eigenvalue weighted by Crippen LogP contribution is 2.31. The molecule has 0 aliphatic rings. The zero-order valence-corrected chi connectivity index (χ0v) is 11.1. The van der Waals surface area contributed by atoms with Gasteiger partial charge in [0.15, 0.2) is 17.3 Å². The van der Waals surface area contributed by atoms with Gasteiger partial charge in [-0.3, -0.25) is 0 Å². The Bertz CT molecular complexity index is 524. The third-order valence-electron chi connectivity index (χ3n) is 2.52. The van der Waals surface area contributed by atoms with E-state index in [4.69, 9.17) is 9.47 Å². The molecule has 0 N–H and O–H groups in total. The summed E-state index contributed by atoms with van der Waals surface area (Å²) in [5.41, 5.74) is 0.987. The molecule has 2 aromatic carbocycles. The molecule has 0 spiro atoms. The lowest BCUT2D eigenvalue weighted by atomic mass is 10.2. The minimum absolute atomic E-state index is 0.0270. The van der Waals surface area contributed by atoms with Gasteiger partial charge in [0.2, 0.25) is 0 Å². The molecule has 3 heteroatoms. The van der Waals surface area contributed by atoms with E-state index in [9.17, 15) is 4.39 Å². The van der Waals surface area contributed by atoms with Crippen molar-refractivity contribution >= 4 is 0 Å². The Morgan fingerprint density at radius 1 is 1.00 bits per heavy atom. The molecular formula is C16H17FO2. The van der Waals surface area contributed by atoms with Crippen LogP contribution in [-0.4, -0.2) is 6.10 Å².